The van der Waals surface area contributed by atoms with Crippen molar-refractivity contribution in [1.82, 2.24) is 4.98 Å². The molecule has 126 valence electrons. The summed E-state index contributed by atoms with van der Waals surface area (Å²) in [6, 6.07) is 21.9. The van der Waals surface area contributed by atoms with Crippen LogP contribution in [0.5, 0.6) is 0 Å². The van der Waals surface area contributed by atoms with Crippen molar-refractivity contribution in [2.45, 2.75) is 26.2 Å². The van der Waals surface area contributed by atoms with E-state index in [1.54, 1.807) is 0 Å². The van der Waals surface area contributed by atoms with Gasteiger partial charge in [-0.15, -0.1) is 11.3 Å². The predicted octanol–water partition coefficient (Wildman–Crippen LogP) is 7.04. The number of aromatic amines is 1. The van der Waals surface area contributed by atoms with Crippen molar-refractivity contribution in [3.8, 4) is 0 Å². The first kappa shape index (κ1) is 16.6. The molecule has 0 spiro atoms. The van der Waals surface area contributed by atoms with Gasteiger partial charge in [-0.05, 0) is 54.8 Å². The molecule has 0 radical (unpaired) electrons. The molecular weight excluding hydrogens is 390 g/mol. The average Bonchev–Trinajstić information content (AvgIpc) is 3.21. The molecule has 0 bridgehead atoms. The molecule has 0 saturated heterocycles. The maximum Gasteiger partial charge on any atom is 0.0459 e. The Hall–Kier alpha value is -1.84. The van der Waals surface area contributed by atoms with Gasteiger partial charge in [-0.2, -0.15) is 0 Å². The monoisotopic (exact) mass is 409 g/mol. The molecule has 1 nitrogen and oxygen atoms in total. The molecule has 25 heavy (non-hydrogen) atoms. The highest BCUT2D eigenvalue weighted by Crippen LogP contribution is 2.41. The maximum absolute atomic E-state index is 3.65. The molecule has 2 aromatic heterocycles. The number of fused-ring (bicyclic) bond motifs is 1. The van der Waals surface area contributed by atoms with E-state index in [4.69, 9.17) is 0 Å². The van der Waals surface area contributed by atoms with Gasteiger partial charge in [-0.1, -0.05) is 53.2 Å². The van der Waals surface area contributed by atoms with Crippen molar-refractivity contribution in [3.63, 3.8) is 0 Å². The van der Waals surface area contributed by atoms with Gasteiger partial charge in [0.05, 0.1) is 0 Å². The van der Waals surface area contributed by atoms with E-state index in [-0.39, 0.29) is 5.92 Å². The van der Waals surface area contributed by atoms with Gasteiger partial charge < -0.3 is 4.98 Å². The molecule has 1 atom stereocenters. The van der Waals surface area contributed by atoms with Crippen molar-refractivity contribution in [3.05, 3.63) is 91.7 Å². The highest BCUT2D eigenvalue weighted by molar-refractivity contribution is 9.10. The second-order valence-corrected chi connectivity index (χ2v) is 8.47. The molecular formula is C22H20BrNS. The number of aromatic nitrogens is 1. The van der Waals surface area contributed by atoms with Crippen molar-refractivity contribution in [2.24, 2.45) is 0 Å². The van der Waals surface area contributed by atoms with Gasteiger partial charge in [0.1, 0.15) is 0 Å². The van der Waals surface area contributed by atoms with Crippen molar-refractivity contribution < 1.29 is 0 Å². The highest BCUT2D eigenvalue weighted by Gasteiger charge is 2.24. The third kappa shape index (κ3) is 3.07. The van der Waals surface area contributed by atoms with Gasteiger partial charge in [0, 0.05) is 36.7 Å². The summed E-state index contributed by atoms with van der Waals surface area (Å²) in [5, 5.41) is 1.32. The summed E-state index contributed by atoms with van der Waals surface area (Å²) in [5.41, 5.74) is 5.17. The van der Waals surface area contributed by atoms with E-state index in [1.807, 2.05) is 11.3 Å². The predicted molar refractivity (Wildman–Crippen MR) is 112 cm³/mol. The number of aryl methyl sites for hydroxylation is 2. The lowest BCUT2D eigenvalue weighted by atomic mass is 9.88. The van der Waals surface area contributed by atoms with Gasteiger partial charge in [-0.3, -0.25) is 0 Å². The fraction of sp³-hybridized carbons (Fsp3) is 0.182. The summed E-state index contributed by atoms with van der Waals surface area (Å²) < 4.78 is 1.12. The first-order chi connectivity index (χ1) is 12.2. The Bertz CT molecular complexity index is 1030. The molecule has 0 fully saturated rings. The summed E-state index contributed by atoms with van der Waals surface area (Å²) in [7, 11) is 0. The quantitative estimate of drug-likeness (QED) is 0.371. The van der Waals surface area contributed by atoms with Crippen LogP contribution in [0.3, 0.4) is 0 Å². The summed E-state index contributed by atoms with van der Waals surface area (Å²) in [4.78, 5) is 6.42. The van der Waals surface area contributed by atoms with E-state index < -0.39 is 0 Å². The number of thiophene rings is 1. The van der Waals surface area contributed by atoms with Crippen LogP contribution in [0.2, 0.25) is 0 Å². The van der Waals surface area contributed by atoms with Crippen LogP contribution in [0.4, 0.5) is 0 Å². The number of hydrogen-bond donors (Lipinski definition) is 1. The first-order valence-corrected chi connectivity index (χ1v) is 10.2. The van der Waals surface area contributed by atoms with Gasteiger partial charge in [0.2, 0.25) is 0 Å². The second kappa shape index (κ2) is 6.81. The Balaban J connectivity index is 1.98. The molecule has 4 aromatic rings. The third-order valence-corrected chi connectivity index (χ3v) is 6.52. The molecule has 0 amide bonds. The lowest BCUT2D eigenvalue weighted by molar-refractivity contribution is 0.993. The lowest BCUT2D eigenvalue weighted by Crippen LogP contribution is -2.02. The van der Waals surface area contributed by atoms with E-state index in [0.717, 1.165) is 10.9 Å². The molecule has 4 rings (SSSR count). The number of rotatable bonds is 4. The van der Waals surface area contributed by atoms with Crippen molar-refractivity contribution in [2.75, 3.05) is 0 Å². The Morgan fingerprint density at radius 2 is 1.88 bits per heavy atom. The summed E-state index contributed by atoms with van der Waals surface area (Å²) in [6.07, 6.45) is 1.09. The molecule has 0 unspecified atom stereocenters. The van der Waals surface area contributed by atoms with Crippen LogP contribution in [0.15, 0.2) is 65.1 Å². The number of halogens is 1. The fourth-order valence-corrected chi connectivity index (χ4v) is 5.08. The van der Waals surface area contributed by atoms with Crippen LogP contribution in [-0.2, 0) is 6.42 Å². The summed E-state index contributed by atoms with van der Waals surface area (Å²) in [5.74, 6) is 0.249. The fourth-order valence-electron chi connectivity index (χ4n) is 3.57. The molecule has 2 aromatic carbocycles. The molecule has 2 heterocycles. The standard InChI is InChI=1S/C22H20BrNS/c1-3-17-11-12-20(25-17)22(15-7-6-8-16(23)13-15)21-14(2)24-19-10-5-4-9-18(19)21/h4-13,22,24H,3H2,1-2H3/t22-/m0/s1. The Morgan fingerprint density at radius 3 is 2.64 bits per heavy atom. The zero-order valence-electron chi connectivity index (χ0n) is 14.3. The Kier molecular flexibility index (Phi) is 4.53. The zero-order valence-corrected chi connectivity index (χ0v) is 16.7. The smallest absolute Gasteiger partial charge is 0.0459 e. The van der Waals surface area contributed by atoms with Crippen LogP contribution in [-0.4, -0.2) is 4.98 Å². The SMILES string of the molecule is CCc1ccc([C@H](c2cccc(Br)c2)c2c(C)[nH]c3ccccc23)s1. The van der Waals surface area contributed by atoms with Gasteiger partial charge >= 0.3 is 0 Å². The number of nitrogens with one attached hydrogen (secondary N) is 1. The second-order valence-electron chi connectivity index (χ2n) is 6.35. The van der Waals surface area contributed by atoms with Crippen LogP contribution in [0.1, 0.15) is 39.4 Å². The molecule has 0 aliphatic carbocycles. The third-order valence-electron chi connectivity index (χ3n) is 4.73. The number of benzene rings is 2. The normalized spacial score (nSPS) is 12.6. The molecule has 0 aliphatic heterocycles. The van der Waals surface area contributed by atoms with Crippen LogP contribution in [0.25, 0.3) is 10.9 Å². The minimum atomic E-state index is 0.249. The van der Waals surface area contributed by atoms with Crippen LogP contribution in [0, 0.1) is 6.92 Å². The van der Waals surface area contributed by atoms with Gasteiger partial charge in [-0.25, -0.2) is 0 Å². The minimum absolute atomic E-state index is 0.249. The van der Waals surface area contributed by atoms with E-state index in [2.05, 4.69) is 95.4 Å². The van der Waals surface area contributed by atoms with E-state index in [9.17, 15) is 0 Å². The van der Waals surface area contributed by atoms with Crippen LogP contribution < -0.4 is 0 Å². The summed E-state index contributed by atoms with van der Waals surface area (Å²) >= 11 is 5.58. The molecule has 3 heteroatoms. The maximum atomic E-state index is 3.65. The largest absolute Gasteiger partial charge is 0.358 e. The Labute approximate surface area is 160 Å². The lowest BCUT2D eigenvalue weighted by Gasteiger charge is -2.18. The van der Waals surface area contributed by atoms with Gasteiger partial charge in [0.15, 0.2) is 0 Å². The van der Waals surface area contributed by atoms with Crippen molar-refractivity contribution >= 4 is 38.2 Å². The number of H-pyrrole nitrogens is 1. The minimum Gasteiger partial charge on any atom is -0.358 e. The van der Waals surface area contributed by atoms with Crippen LogP contribution >= 0.6 is 27.3 Å². The van der Waals surface area contributed by atoms with E-state index >= 15 is 0 Å². The van der Waals surface area contributed by atoms with Crippen molar-refractivity contribution in [1.29, 1.82) is 0 Å². The molecule has 0 aliphatic rings. The summed E-state index contributed by atoms with van der Waals surface area (Å²) in [6.45, 7) is 4.41. The number of hydrogen-bond acceptors (Lipinski definition) is 1. The van der Waals surface area contributed by atoms with E-state index in [1.165, 1.54) is 37.5 Å². The highest BCUT2D eigenvalue weighted by atomic mass is 79.9. The topological polar surface area (TPSA) is 15.8 Å². The molecule has 0 saturated carbocycles. The van der Waals surface area contributed by atoms with Gasteiger partial charge in [0.25, 0.3) is 0 Å². The average molecular weight is 410 g/mol. The molecule has 1 N–H and O–H groups in total. The zero-order chi connectivity index (χ0) is 17.4. The Morgan fingerprint density at radius 1 is 1.04 bits per heavy atom. The number of para-hydroxylation sites is 1. The van der Waals surface area contributed by atoms with E-state index in [0.29, 0.717) is 0 Å². The first-order valence-electron chi connectivity index (χ1n) is 8.58.